The fourth-order valence-electron chi connectivity index (χ4n) is 3.46. The standard InChI is InChI=1S/C24H24N2O3/c1-16(26(2)15-17-9-5-4-6-10-17)24(27)25-20-14-22-19(13-23(20)28-3)18-11-7-8-12-21(18)29-22/h4-14,16H,15H2,1-3H3,(H,25,27)/t16-/m0/s1. The maximum Gasteiger partial charge on any atom is 0.241 e. The number of ether oxygens (including phenoxy) is 1. The van der Waals surface area contributed by atoms with Crippen molar-refractivity contribution in [1.29, 1.82) is 0 Å². The molecule has 0 bridgehead atoms. The van der Waals surface area contributed by atoms with Gasteiger partial charge in [-0.1, -0.05) is 48.5 Å². The van der Waals surface area contributed by atoms with Crippen molar-refractivity contribution >= 4 is 33.5 Å². The lowest BCUT2D eigenvalue weighted by atomic mass is 10.1. The average molecular weight is 388 g/mol. The van der Waals surface area contributed by atoms with Gasteiger partial charge in [-0.2, -0.15) is 0 Å². The maximum absolute atomic E-state index is 12.9. The molecular formula is C24H24N2O3. The lowest BCUT2D eigenvalue weighted by Crippen LogP contribution is -2.39. The number of para-hydroxylation sites is 1. The highest BCUT2D eigenvalue weighted by molar-refractivity contribution is 6.08. The van der Waals surface area contributed by atoms with Crippen LogP contribution in [-0.2, 0) is 11.3 Å². The molecule has 1 heterocycles. The fraction of sp³-hybridized carbons (Fsp3) is 0.208. The number of methoxy groups -OCH3 is 1. The first-order chi connectivity index (χ1) is 14.1. The first-order valence-corrected chi connectivity index (χ1v) is 9.61. The Kier molecular flexibility index (Phi) is 5.23. The molecule has 0 aliphatic rings. The quantitative estimate of drug-likeness (QED) is 0.502. The minimum atomic E-state index is -0.314. The number of hydrogen-bond donors (Lipinski definition) is 1. The van der Waals surface area contributed by atoms with E-state index in [1.807, 2.05) is 73.5 Å². The summed E-state index contributed by atoms with van der Waals surface area (Å²) in [5.41, 5.74) is 3.29. The molecule has 1 atom stereocenters. The zero-order valence-electron chi connectivity index (χ0n) is 16.8. The Morgan fingerprint density at radius 1 is 1.03 bits per heavy atom. The van der Waals surface area contributed by atoms with Crippen molar-refractivity contribution in [1.82, 2.24) is 4.90 Å². The van der Waals surface area contributed by atoms with E-state index in [0.29, 0.717) is 23.6 Å². The molecule has 4 aromatic rings. The highest BCUT2D eigenvalue weighted by atomic mass is 16.5. The van der Waals surface area contributed by atoms with E-state index in [4.69, 9.17) is 9.15 Å². The molecular weight excluding hydrogens is 364 g/mol. The van der Waals surface area contributed by atoms with Gasteiger partial charge in [0.05, 0.1) is 18.8 Å². The largest absolute Gasteiger partial charge is 0.495 e. The molecule has 0 radical (unpaired) electrons. The fourth-order valence-corrected chi connectivity index (χ4v) is 3.46. The van der Waals surface area contributed by atoms with Crippen LogP contribution in [0.3, 0.4) is 0 Å². The van der Waals surface area contributed by atoms with Crippen molar-refractivity contribution in [2.45, 2.75) is 19.5 Å². The van der Waals surface area contributed by atoms with Gasteiger partial charge in [-0.3, -0.25) is 9.69 Å². The highest BCUT2D eigenvalue weighted by Crippen LogP contribution is 2.36. The summed E-state index contributed by atoms with van der Waals surface area (Å²) in [7, 11) is 3.54. The van der Waals surface area contributed by atoms with Crippen LogP contribution in [0.1, 0.15) is 12.5 Å². The molecule has 0 aliphatic heterocycles. The average Bonchev–Trinajstić information content (AvgIpc) is 3.10. The van der Waals surface area contributed by atoms with Crippen LogP contribution >= 0.6 is 0 Å². The molecule has 0 unspecified atom stereocenters. The van der Waals surface area contributed by atoms with Crippen LogP contribution < -0.4 is 10.1 Å². The normalized spacial score (nSPS) is 12.4. The summed E-state index contributed by atoms with van der Waals surface area (Å²) in [6, 6.07) is 21.4. The summed E-state index contributed by atoms with van der Waals surface area (Å²) in [6.45, 7) is 2.58. The minimum absolute atomic E-state index is 0.0998. The molecule has 0 saturated carbocycles. The number of furan rings is 1. The second kappa shape index (κ2) is 7.97. The molecule has 148 valence electrons. The number of fused-ring (bicyclic) bond motifs is 3. The Morgan fingerprint density at radius 3 is 2.52 bits per heavy atom. The third kappa shape index (κ3) is 3.82. The molecule has 1 amide bonds. The van der Waals surface area contributed by atoms with Gasteiger partial charge in [-0.05, 0) is 31.7 Å². The molecule has 0 saturated heterocycles. The number of amides is 1. The van der Waals surface area contributed by atoms with Crippen molar-refractivity contribution in [2.24, 2.45) is 0 Å². The molecule has 4 rings (SSSR count). The summed E-state index contributed by atoms with van der Waals surface area (Å²) in [5.74, 6) is 0.507. The van der Waals surface area contributed by atoms with E-state index >= 15 is 0 Å². The molecule has 3 aromatic carbocycles. The Bertz CT molecular complexity index is 1150. The van der Waals surface area contributed by atoms with Gasteiger partial charge < -0.3 is 14.5 Å². The van der Waals surface area contributed by atoms with E-state index in [1.165, 1.54) is 0 Å². The van der Waals surface area contributed by atoms with E-state index in [9.17, 15) is 4.79 Å². The van der Waals surface area contributed by atoms with Gasteiger partial charge in [0.1, 0.15) is 16.9 Å². The molecule has 1 N–H and O–H groups in total. The van der Waals surface area contributed by atoms with Crippen LogP contribution in [0.5, 0.6) is 5.75 Å². The van der Waals surface area contributed by atoms with Gasteiger partial charge in [0, 0.05) is 23.4 Å². The Balaban J connectivity index is 1.57. The van der Waals surface area contributed by atoms with Crippen molar-refractivity contribution in [2.75, 3.05) is 19.5 Å². The zero-order chi connectivity index (χ0) is 20.4. The van der Waals surface area contributed by atoms with E-state index in [2.05, 4.69) is 17.4 Å². The summed E-state index contributed by atoms with van der Waals surface area (Å²) >= 11 is 0. The third-order valence-electron chi connectivity index (χ3n) is 5.27. The van der Waals surface area contributed by atoms with Gasteiger partial charge in [0.25, 0.3) is 0 Å². The van der Waals surface area contributed by atoms with Gasteiger partial charge in [-0.25, -0.2) is 0 Å². The summed E-state index contributed by atoms with van der Waals surface area (Å²) in [6.07, 6.45) is 0. The van der Waals surface area contributed by atoms with Crippen LogP contribution in [0.25, 0.3) is 21.9 Å². The lowest BCUT2D eigenvalue weighted by molar-refractivity contribution is -0.120. The molecule has 0 aliphatic carbocycles. The Labute approximate surface area is 169 Å². The topological polar surface area (TPSA) is 54.7 Å². The van der Waals surface area contributed by atoms with Crippen LogP contribution in [0.4, 0.5) is 5.69 Å². The number of hydrogen-bond acceptors (Lipinski definition) is 4. The minimum Gasteiger partial charge on any atom is -0.495 e. The SMILES string of the molecule is COc1cc2c(cc1NC(=O)[C@H](C)N(C)Cc1ccccc1)oc1ccccc12. The third-order valence-corrected chi connectivity index (χ3v) is 5.27. The van der Waals surface area contributed by atoms with E-state index in [0.717, 1.165) is 21.9 Å². The number of likely N-dealkylation sites (N-methyl/N-ethyl adjacent to an activating group) is 1. The molecule has 0 spiro atoms. The van der Waals surface area contributed by atoms with Gasteiger partial charge >= 0.3 is 0 Å². The predicted octanol–water partition coefficient (Wildman–Crippen LogP) is 5.05. The summed E-state index contributed by atoms with van der Waals surface area (Å²) in [5, 5.41) is 4.98. The van der Waals surface area contributed by atoms with E-state index in [1.54, 1.807) is 7.11 Å². The first kappa shape index (κ1) is 19.0. The van der Waals surface area contributed by atoms with Gasteiger partial charge in [-0.15, -0.1) is 0 Å². The highest BCUT2D eigenvalue weighted by Gasteiger charge is 2.21. The Morgan fingerprint density at radius 2 is 1.76 bits per heavy atom. The second-order valence-corrected chi connectivity index (χ2v) is 7.21. The predicted molar refractivity (Wildman–Crippen MR) is 116 cm³/mol. The molecule has 5 nitrogen and oxygen atoms in total. The van der Waals surface area contributed by atoms with Crippen molar-refractivity contribution in [3.63, 3.8) is 0 Å². The van der Waals surface area contributed by atoms with Crippen LogP contribution in [0, 0.1) is 0 Å². The van der Waals surface area contributed by atoms with Gasteiger partial charge in [0.15, 0.2) is 0 Å². The molecule has 5 heteroatoms. The molecule has 29 heavy (non-hydrogen) atoms. The van der Waals surface area contributed by atoms with E-state index < -0.39 is 0 Å². The zero-order valence-corrected chi connectivity index (χ0v) is 16.8. The van der Waals surface area contributed by atoms with Gasteiger partial charge in [0.2, 0.25) is 5.91 Å². The van der Waals surface area contributed by atoms with Crippen LogP contribution in [0.15, 0.2) is 71.1 Å². The first-order valence-electron chi connectivity index (χ1n) is 9.61. The number of anilines is 1. The second-order valence-electron chi connectivity index (χ2n) is 7.21. The molecule has 0 fully saturated rings. The molecule has 1 aromatic heterocycles. The smallest absolute Gasteiger partial charge is 0.241 e. The summed E-state index contributed by atoms with van der Waals surface area (Å²) in [4.78, 5) is 14.9. The summed E-state index contributed by atoms with van der Waals surface area (Å²) < 4.78 is 11.5. The monoisotopic (exact) mass is 388 g/mol. The number of rotatable bonds is 6. The maximum atomic E-state index is 12.9. The van der Waals surface area contributed by atoms with E-state index in [-0.39, 0.29) is 11.9 Å². The number of nitrogens with one attached hydrogen (secondary N) is 1. The number of carbonyl (C=O) groups is 1. The number of carbonyl (C=O) groups excluding carboxylic acids is 1. The van der Waals surface area contributed by atoms with Crippen molar-refractivity contribution in [3.05, 3.63) is 72.3 Å². The van der Waals surface area contributed by atoms with Crippen LogP contribution in [0.2, 0.25) is 0 Å². The van der Waals surface area contributed by atoms with Crippen molar-refractivity contribution < 1.29 is 13.9 Å². The van der Waals surface area contributed by atoms with Crippen molar-refractivity contribution in [3.8, 4) is 5.75 Å². The number of nitrogens with zero attached hydrogens (tertiary/aromatic N) is 1. The lowest BCUT2D eigenvalue weighted by Gasteiger charge is -2.24. The van der Waals surface area contributed by atoms with Crippen LogP contribution in [-0.4, -0.2) is 31.0 Å². The number of benzene rings is 3. The Hall–Kier alpha value is -3.31.